The van der Waals surface area contributed by atoms with Crippen molar-refractivity contribution in [3.8, 4) is 17.6 Å². The highest BCUT2D eigenvalue weighted by Crippen LogP contribution is 2.31. The summed E-state index contributed by atoms with van der Waals surface area (Å²) in [5.74, 6) is 8.82. The van der Waals surface area contributed by atoms with Crippen LogP contribution in [0.1, 0.15) is 44.2 Å². The van der Waals surface area contributed by atoms with E-state index in [1.807, 2.05) is 12.1 Å². The van der Waals surface area contributed by atoms with Gasteiger partial charge in [-0.05, 0) is 61.8 Å². The zero-order chi connectivity index (χ0) is 14.5. The van der Waals surface area contributed by atoms with Crippen LogP contribution in [-0.4, -0.2) is 12.0 Å². The van der Waals surface area contributed by atoms with E-state index in [9.17, 15) is 0 Å². The first kappa shape index (κ1) is 15.3. The fraction of sp³-hybridized carbons (Fsp3) is 0.556. The molecule has 0 amide bonds. The molecule has 2 heteroatoms. The Morgan fingerprint density at radius 3 is 2.50 bits per heavy atom. The summed E-state index contributed by atoms with van der Waals surface area (Å²) in [6, 6.07) is 6.14. The molecule has 1 fully saturated rings. The monoisotopic (exact) mass is 290 g/mol. The zero-order valence-electron chi connectivity index (χ0n) is 12.6. The van der Waals surface area contributed by atoms with Crippen molar-refractivity contribution in [2.24, 2.45) is 11.8 Å². The summed E-state index contributed by atoms with van der Waals surface area (Å²) in [6.07, 6.45) is 4.01. The van der Waals surface area contributed by atoms with Crippen LogP contribution in [-0.2, 0) is 0 Å². The van der Waals surface area contributed by atoms with Gasteiger partial charge in [-0.15, -0.1) is 11.6 Å². The molecule has 2 rings (SSSR count). The summed E-state index contributed by atoms with van der Waals surface area (Å²) in [7, 11) is 0. The Morgan fingerprint density at radius 2 is 1.90 bits per heavy atom. The topological polar surface area (TPSA) is 9.23 Å². The molecule has 2 atom stereocenters. The highest BCUT2D eigenvalue weighted by atomic mass is 35.5. The zero-order valence-corrected chi connectivity index (χ0v) is 13.3. The summed E-state index contributed by atoms with van der Waals surface area (Å²) >= 11 is 5.59. The lowest BCUT2D eigenvalue weighted by Crippen LogP contribution is -2.28. The number of rotatable bonds is 2. The second kappa shape index (κ2) is 7.04. The van der Waals surface area contributed by atoms with Crippen molar-refractivity contribution < 1.29 is 4.74 Å². The number of benzene rings is 1. The Hall–Kier alpha value is -1.13. The van der Waals surface area contributed by atoms with Crippen LogP contribution < -0.4 is 4.74 Å². The molecule has 20 heavy (non-hydrogen) atoms. The molecule has 1 aromatic carbocycles. The third kappa shape index (κ3) is 4.18. The predicted octanol–water partition coefficient (Wildman–Crippen LogP) is 4.79. The van der Waals surface area contributed by atoms with Gasteiger partial charge in [0, 0.05) is 5.56 Å². The third-order valence-corrected chi connectivity index (χ3v) is 4.06. The summed E-state index contributed by atoms with van der Waals surface area (Å²) in [4.78, 5) is 0. The molecule has 1 aliphatic rings. The van der Waals surface area contributed by atoms with Crippen LogP contribution in [0.2, 0.25) is 0 Å². The molecule has 0 radical (unpaired) electrons. The van der Waals surface area contributed by atoms with Crippen molar-refractivity contribution in [1.82, 2.24) is 0 Å². The summed E-state index contributed by atoms with van der Waals surface area (Å²) < 4.78 is 6.16. The average molecular weight is 291 g/mol. The molecule has 1 nitrogen and oxygen atoms in total. The largest absolute Gasteiger partial charge is 0.490 e. The molecule has 0 heterocycles. The van der Waals surface area contributed by atoms with Crippen LogP contribution in [0.25, 0.3) is 0 Å². The lowest BCUT2D eigenvalue weighted by molar-refractivity contribution is 0.101. The van der Waals surface area contributed by atoms with Crippen molar-refractivity contribution in [1.29, 1.82) is 0 Å². The van der Waals surface area contributed by atoms with E-state index in [1.54, 1.807) is 0 Å². The van der Waals surface area contributed by atoms with Crippen LogP contribution in [0.5, 0.6) is 5.75 Å². The fourth-order valence-electron chi connectivity index (χ4n) is 3.14. The maximum absolute atomic E-state index is 6.16. The number of hydrogen-bond acceptors (Lipinski definition) is 1. The van der Waals surface area contributed by atoms with Gasteiger partial charge in [0.2, 0.25) is 0 Å². The Labute approximate surface area is 127 Å². The summed E-state index contributed by atoms with van der Waals surface area (Å²) in [5.41, 5.74) is 2.18. The van der Waals surface area contributed by atoms with Gasteiger partial charge in [-0.1, -0.05) is 25.7 Å². The molecule has 1 aromatic rings. The second-order valence-electron chi connectivity index (χ2n) is 6.07. The Bertz CT molecular complexity index is 502. The van der Waals surface area contributed by atoms with Crippen LogP contribution in [0.3, 0.4) is 0 Å². The van der Waals surface area contributed by atoms with Gasteiger partial charge in [-0.25, -0.2) is 0 Å². The van der Waals surface area contributed by atoms with Gasteiger partial charge in [0.15, 0.2) is 0 Å². The smallest absolute Gasteiger partial charge is 0.120 e. The molecule has 1 aliphatic carbocycles. The van der Waals surface area contributed by atoms with Gasteiger partial charge in [0.05, 0.1) is 12.0 Å². The van der Waals surface area contributed by atoms with Crippen LogP contribution in [0.15, 0.2) is 18.2 Å². The van der Waals surface area contributed by atoms with Crippen LogP contribution >= 0.6 is 11.6 Å². The molecule has 108 valence electrons. The lowest BCUT2D eigenvalue weighted by Gasteiger charge is -2.31. The highest BCUT2D eigenvalue weighted by molar-refractivity contribution is 6.19. The number of hydrogen-bond donors (Lipinski definition) is 0. The molecular formula is C18H23ClO. The summed E-state index contributed by atoms with van der Waals surface area (Å²) in [5, 5.41) is 0. The molecule has 0 N–H and O–H groups in total. The molecule has 2 unspecified atom stereocenters. The number of halogens is 1. The van der Waals surface area contributed by atoms with Crippen molar-refractivity contribution in [2.45, 2.75) is 46.1 Å². The minimum Gasteiger partial charge on any atom is -0.490 e. The number of ether oxygens (including phenoxy) is 1. The third-order valence-electron chi connectivity index (χ3n) is 3.93. The van der Waals surface area contributed by atoms with E-state index in [1.165, 1.54) is 6.42 Å². The SMILES string of the molecule is Cc1cc(OC2CC(C)CC(C)C2)ccc1C#CCCl. The Kier molecular flexibility index (Phi) is 5.38. The van der Waals surface area contributed by atoms with Crippen molar-refractivity contribution in [3.05, 3.63) is 29.3 Å². The Balaban J connectivity index is 2.05. The van der Waals surface area contributed by atoms with Gasteiger partial charge >= 0.3 is 0 Å². The highest BCUT2D eigenvalue weighted by Gasteiger charge is 2.25. The first-order valence-corrected chi connectivity index (χ1v) is 7.94. The van der Waals surface area contributed by atoms with E-state index in [2.05, 4.69) is 38.7 Å². The van der Waals surface area contributed by atoms with Crippen molar-refractivity contribution >= 4 is 11.6 Å². The molecule has 0 saturated heterocycles. The minimum absolute atomic E-state index is 0.355. The van der Waals surface area contributed by atoms with Gasteiger partial charge < -0.3 is 4.74 Å². The Morgan fingerprint density at radius 1 is 1.20 bits per heavy atom. The molecule has 0 aromatic heterocycles. The van der Waals surface area contributed by atoms with Crippen LogP contribution in [0.4, 0.5) is 0 Å². The van der Waals surface area contributed by atoms with Crippen molar-refractivity contribution in [3.63, 3.8) is 0 Å². The van der Waals surface area contributed by atoms with E-state index in [-0.39, 0.29) is 0 Å². The first-order valence-electron chi connectivity index (χ1n) is 7.40. The maximum Gasteiger partial charge on any atom is 0.120 e. The second-order valence-corrected chi connectivity index (χ2v) is 6.34. The predicted molar refractivity (Wildman–Crippen MR) is 85.4 cm³/mol. The number of alkyl halides is 1. The van der Waals surface area contributed by atoms with E-state index in [0.29, 0.717) is 12.0 Å². The van der Waals surface area contributed by atoms with E-state index >= 15 is 0 Å². The van der Waals surface area contributed by atoms with E-state index in [0.717, 1.165) is 41.6 Å². The lowest BCUT2D eigenvalue weighted by atomic mass is 9.82. The quantitative estimate of drug-likeness (QED) is 0.562. The minimum atomic E-state index is 0.355. The van der Waals surface area contributed by atoms with Crippen molar-refractivity contribution in [2.75, 3.05) is 5.88 Å². The summed E-state index contributed by atoms with van der Waals surface area (Å²) in [6.45, 7) is 6.71. The van der Waals surface area contributed by atoms with Gasteiger partial charge in [-0.3, -0.25) is 0 Å². The van der Waals surface area contributed by atoms with Gasteiger partial charge in [0.25, 0.3) is 0 Å². The molecular weight excluding hydrogens is 268 g/mol. The average Bonchev–Trinajstić information content (AvgIpc) is 2.36. The van der Waals surface area contributed by atoms with E-state index in [4.69, 9.17) is 16.3 Å². The first-order chi connectivity index (χ1) is 9.58. The maximum atomic E-state index is 6.16. The van der Waals surface area contributed by atoms with E-state index < -0.39 is 0 Å². The molecule has 1 saturated carbocycles. The van der Waals surface area contributed by atoms with Crippen LogP contribution in [0, 0.1) is 30.6 Å². The van der Waals surface area contributed by atoms with Gasteiger partial charge in [0.1, 0.15) is 5.75 Å². The molecule has 0 aliphatic heterocycles. The number of aryl methyl sites for hydroxylation is 1. The molecule has 0 spiro atoms. The fourth-order valence-corrected chi connectivity index (χ4v) is 3.21. The standard InChI is InChI=1S/C18H23ClO/c1-13-9-14(2)11-18(10-13)20-17-7-6-16(5-4-8-19)15(3)12-17/h6-7,12-14,18H,8-11H2,1-3H3. The molecule has 0 bridgehead atoms. The normalized spacial score (nSPS) is 25.7. The van der Waals surface area contributed by atoms with Gasteiger partial charge in [-0.2, -0.15) is 0 Å².